The monoisotopic (exact) mass is 391 g/mol. The molecule has 0 atom stereocenters. The average Bonchev–Trinajstić information content (AvgIpc) is 2.77. The van der Waals surface area contributed by atoms with Crippen molar-refractivity contribution in [3.8, 4) is 0 Å². The molecule has 1 heterocycles. The number of esters is 2. The summed E-state index contributed by atoms with van der Waals surface area (Å²) in [5, 5.41) is 0. The maximum atomic E-state index is 12.3. The summed E-state index contributed by atoms with van der Waals surface area (Å²) < 4.78 is 10.3. The minimum Gasteiger partial charge on any atom is -0.459 e. The molecule has 1 aliphatic rings. The molecule has 0 aromatic heterocycles. The molecule has 0 bridgehead atoms. The number of Topliss-reactive ketones (excluding diaryl/α,β-unsaturated/α-hetero) is 1. The van der Waals surface area contributed by atoms with Gasteiger partial charge in [-0.25, -0.2) is 9.59 Å². The highest BCUT2D eigenvalue weighted by Gasteiger charge is 2.17. The fourth-order valence-electron chi connectivity index (χ4n) is 2.75. The molecule has 2 aromatic rings. The summed E-state index contributed by atoms with van der Waals surface area (Å²) in [7, 11) is 0. The number of ether oxygens (including phenoxy) is 2. The molecule has 0 radical (unpaired) electrons. The number of carbonyl (C=O) groups is 3. The summed E-state index contributed by atoms with van der Waals surface area (Å²) in [6, 6.07) is 17.6. The number of rotatable bonds is 8. The molecule has 2 aromatic carbocycles. The van der Waals surface area contributed by atoms with Crippen LogP contribution in [-0.2, 0) is 14.3 Å². The molecule has 0 saturated heterocycles. The smallest absolute Gasteiger partial charge is 0.338 e. The number of benzene rings is 2. The molecular weight excluding hydrogens is 370 g/mol. The van der Waals surface area contributed by atoms with Crippen LogP contribution in [0.5, 0.6) is 0 Å². The van der Waals surface area contributed by atoms with E-state index in [4.69, 9.17) is 9.47 Å². The molecule has 0 saturated carbocycles. The zero-order valence-electron chi connectivity index (χ0n) is 15.8. The van der Waals surface area contributed by atoms with Crippen LogP contribution in [0.15, 0.2) is 84.7 Å². The van der Waals surface area contributed by atoms with E-state index in [2.05, 4.69) is 0 Å². The van der Waals surface area contributed by atoms with Crippen molar-refractivity contribution in [2.24, 2.45) is 0 Å². The minimum absolute atomic E-state index is 0.0290. The van der Waals surface area contributed by atoms with Crippen molar-refractivity contribution in [3.05, 3.63) is 95.8 Å². The summed E-state index contributed by atoms with van der Waals surface area (Å²) in [5.74, 6) is -1.01. The number of nitrogens with zero attached hydrogens (tertiary/aromatic N) is 1. The van der Waals surface area contributed by atoms with Crippen molar-refractivity contribution in [2.45, 2.75) is 6.42 Å². The van der Waals surface area contributed by atoms with Crippen molar-refractivity contribution < 1.29 is 23.9 Å². The molecule has 6 heteroatoms. The van der Waals surface area contributed by atoms with Crippen LogP contribution in [0.3, 0.4) is 0 Å². The molecule has 148 valence electrons. The Bertz CT molecular complexity index is 919. The minimum atomic E-state index is -0.498. The number of allylic oxidation sites excluding steroid dienone is 1. The van der Waals surface area contributed by atoms with Crippen LogP contribution in [0.2, 0.25) is 0 Å². The summed E-state index contributed by atoms with van der Waals surface area (Å²) >= 11 is 0. The second-order valence-corrected chi connectivity index (χ2v) is 6.34. The molecule has 0 unspecified atom stereocenters. The lowest BCUT2D eigenvalue weighted by Crippen LogP contribution is -2.24. The van der Waals surface area contributed by atoms with Gasteiger partial charge in [-0.2, -0.15) is 0 Å². The first-order chi connectivity index (χ1) is 14.1. The molecule has 0 fully saturated rings. The van der Waals surface area contributed by atoms with E-state index in [-0.39, 0.29) is 25.5 Å². The van der Waals surface area contributed by atoms with Crippen molar-refractivity contribution >= 4 is 17.7 Å². The predicted molar refractivity (Wildman–Crippen MR) is 107 cm³/mol. The van der Waals surface area contributed by atoms with Crippen LogP contribution in [0.25, 0.3) is 0 Å². The standard InChI is InChI=1S/C23H21NO5/c25-21(18-8-3-1-4-9-18)17-24-13-7-12-20(16-24)23(27)29-15-14-28-22(26)19-10-5-2-6-11-19/h1-11,13,16H,12,14-15,17H2. The van der Waals surface area contributed by atoms with Gasteiger partial charge in [0, 0.05) is 24.4 Å². The number of hydrogen-bond donors (Lipinski definition) is 0. The Kier molecular flexibility index (Phi) is 6.95. The van der Waals surface area contributed by atoms with E-state index in [0.29, 0.717) is 23.1 Å². The van der Waals surface area contributed by atoms with Crippen molar-refractivity contribution in [1.29, 1.82) is 0 Å². The third-order valence-corrected chi connectivity index (χ3v) is 4.20. The van der Waals surface area contributed by atoms with Gasteiger partial charge in [0.15, 0.2) is 5.78 Å². The van der Waals surface area contributed by atoms with Crippen LogP contribution >= 0.6 is 0 Å². The Labute approximate surface area is 169 Å². The van der Waals surface area contributed by atoms with Gasteiger partial charge in [0.05, 0.1) is 17.7 Å². The van der Waals surface area contributed by atoms with Gasteiger partial charge in [-0.05, 0) is 12.1 Å². The summed E-state index contributed by atoms with van der Waals surface area (Å²) in [6.45, 7) is 0.0617. The lowest BCUT2D eigenvalue weighted by molar-refractivity contribution is -0.140. The number of carbonyl (C=O) groups excluding carboxylic acids is 3. The van der Waals surface area contributed by atoms with E-state index in [1.807, 2.05) is 24.3 Å². The summed E-state index contributed by atoms with van der Waals surface area (Å²) in [6.07, 6.45) is 5.58. The highest BCUT2D eigenvalue weighted by Crippen LogP contribution is 2.14. The SMILES string of the molecule is O=C(OCCOC(=O)c1ccccc1)C1=CN(CC(=O)c2ccccc2)C=CC1. The van der Waals surface area contributed by atoms with Crippen LogP contribution in [0, 0.1) is 0 Å². The van der Waals surface area contributed by atoms with Gasteiger partial charge in [0.25, 0.3) is 0 Å². The van der Waals surface area contributed by atoms with Gasteiger partial charge in [-0.1, -0.05) is 54.6 Å². The maximum Gasteiger partial charge on any atom is 0.338 e. The Hall–Kier alpha value is -3.67. The largest absolute Gasteiger partial charge is 0.459 e. The van der Waals surface area contributed by atoms with Gasteiger partial charge in [0.1, 0.15) is 13.2 Å². The van der Waals surface area contributed by atoms with Gasteiger partial charge in [-0.15, -0.1) is 0 Å². The molecule has 0 amide bonds. The Morgan fingerprint density at radius 3 is 2.03 bits per heavy atom. The lowest BCUT2D eigenvalue weighted by Gasteiger charge is -2.20. The third-order valence-electron chi connectivity index (χ3n) is 4.20. The molecule has 0 N–H and O–H groups in total. The Morgan fingerprint density at radius 2 is 1.38 bits per heavy atom. The van der Waals surface area contributed by atoms with Crippen LogP contribution in [-0.4, -0.2) is 42.4 Å². The topological polar surface area (TPSA) is 72.9 Å². The van der Waals surface area contributed by atoms with Gasteiger partial charge < -0.3 is 14.4 Å². The van der Waals surface area contributed by atoms with E-state index in [1.54, 1.807) is 59.8 Å². The molecule has 29 heavy (non-hydrogen) atoms. The van der Waals surface area contributed by atoms with E-state index in [9.17, 15) is 14.4 Å². The Balaban J connectivity index is 1.45. The zero-order valence-corrected chi connectivity index (χ0v) is 15.8. The number of hydrogen-bond acceptors (Lipinski definition) is 6. The van der Waals surface area contributed by atoms with E-state index in [1.165, 1.54) is 0 Å². The van der Waals surface area contributed by atoms with E-state index >= 15 is 0 Å². The van der Waals surface area contributed by atoms with Gasteiger partial charge >= 0.3 is 11.9 Å². The molecule has 3 rings (SSSR count). The highest BCUT2D eigenvalue weighted by atomic mass is 16.6. The molecule has 0 spiro atoms. The second kappa shape index (κ2) is 10.0. The van der Waals surface area contributed by atoms with E-state index < -0.39 is 11.9 Å². The highest BCUT2D eigenvalue weighted by molar-refractivity contribution is 5.98. The van der Waals surface area contributed by atoms with Crippen molar-refractivity contribution in [3.63, 3.8) is 0 Å². The van der Waals surface area contributed by atoms with Crippen molar-refractivity contribution in [1.82, 2.24) is 4.90 Å². The first-order valence-electron chi connectivity index (χ1n) is 9.24. The zero-order chi connectivity index (χ0) is 20.5. The molecular formula is C23H21NO5. The first kappa shape index (κ1) is 20.1. The number of ketones is 1. The van der Waals surface area contributed by atoms with Gasteiger partial charge in [-0.3, -0.25) is 4.79 Å². The van der Waals surface area contributed by atoms with E-state index in [0.717, 1.165) is 0 Å². The molecule has 0 aliphatic carbocycles. The van der Waals surface area contributed by atoms with Crippen molar-refractivity contribution in [2.75, 3.05) is 19.8 Å². The van der Waals surface area contributed by atoms with Crippen LogP contribution in [0.4, 0.5) is 0 Å². The summed E-state index contributed by atoms with van der Waals surface area (Å²) in [4.78, 5) is 38.0. The quantitative estimate of drug-likeness (QED) is 0.390. The lowest BCUT2D eigenvalue weighted by atomic mass is 10.1. The fraction of sp³-hybridized carbons (Fsp3) is 0.174. The normalized spacial score (nSPS) is 12.8. The maximum absolute atomic E-state index is 12.3. The third kappa shape index (κ3) is 5.90. The molecule has 6 nitrogen and oxygen atoms in total. The summed E-state index contributed by atoms with van der Waals surface area (Å²) in [5.41, 5.74) is 1.49. The van der Waals surface area contributed by atoms with Crippen LogP contribution < -0.4 is 0 Å². The first-order valence-corrected chi connectivity index (χ1v) is 9.24. The average molecular weight is 391 g/mol. The molecule has 1 aliphatic heterocycles. The second-order valence-electron chi connectivity index (χ2n) is 6.34. The van der Waals surface area contributed by atoms with Crippen LogP contribution in [0.1, 0.15) is 27.1 Å². The van der Waals surface area contributed by atoms with Gasteiger partial charge in [0.2, 0.25) is 0 Å². The fourth-order valence-corrected chi connectivity index (χ4v) is 2.75. The Morgan fingerprint density at radius 1 is 0.793 bits per heavy atom. The predicted octanol–water partition coefficient (Wildman–Crippen LogP) is 3.37.